The number of fused-ring (bicyclic) bond motifs is 1. The van der Waals surface area contributed by atoms with Crippen molar-refractivity contribution < 1.29 is 5.11 Å². The van der Waals surface area contributed by atoms with Crippen LogP contribution in [0.15, 0.2) is 24.3 Å². The van der Waals surface area contributed by atoms with Gasteiger partial charge in [0.05, 0.1) is 0 Å². The number of aromatic nitrogens is 1. The van der Waals surface area contributed by atoms with E-state index in [1.807, 2.05) is 24.3 Å². The zero-order chi connectivity index (χ0) is 9.26. The summed E-state index contributed by atoms with van der Waals surface area (Å²) in [5.74, 6) is 0.322. The van der Waals surface area contributed by atoms with Gasteiger partial charge in [-0.15, -0.1) is 0 Å². The molecule has 0 aliphatic heterocycles. The summed E-state index contributed by atoms with van der Waals surface area (Å²) < 4.78 is 0. The van der Waals surface area contributed by atoms with E-state index in [4.69, 9.17) is 0 Å². The molecule has 0 aliphatic carbocycles. The van der Waals surface area contributed by atoms with Gasteiger partial charge in [-0.1, -0.05) is 31.5 Å². The molecule has 0 saturated heterocycles. The zero-order valence-electron chi connectivity index (χ0n) is 7.67. The first-order chi connectivity index (χ1) is 6.33. The summed E-state index contributed by atoms with van der Waals surface area (Å²) in [6, 6.07) is 7.98. The Balaban J connectivity index is 2.64. The molecule has 2 nitrogen and oxygen atoms in total. The number of para-hydroxylation sites is 1. The van der Waals surface area contributed by atoms with E-state index >= 15 is 0 Å². The molecule has 0 saturated carbocycles. The molecule has 1 aromatic carbocycles. The molecule has 2 rings (SSSR count). The Morgan fingerprint density at radius 1 is 1.31 bits per heavy atom. The highest BCUT2D eigenvalue weighted by Crippen LogP contribution is 2.27. The SMILES string of the molecule is CCCc1c(O)[nH]c2ccccc12. The Labute approximate surface area is 77.2 Å². The predicted octanol–water partition coefficient (Wildman–Crippen LogP) is 2.83. The fourth-order valence-corrected chi connectivity index (χ4v) is 1.69. The lowest BCUT2D eigenvalue weighted by Gasteiger charge is -1.95. The number of nitrogens with one attached hydrogen (secondary N) is 1. The lowest BCUT2D eigenvalue weighted by Crippen LogP contribution is -1.80. The van der Waals surface area contributed by atoms with Crippen LogP contribution in [-0.2, 0) is 6.42 Å². The monoisotopic (exact) mass is 175 g/mol. The number of aryl methyl sites for hydroxylation is 1. The van der Waals surface area contributed by atoms with Gasteiger partial charge in [-0.05, 0) is 12.5 Å². The van der Waals surface area contributed by atoms with Gasteiger partial charge in [0.1, 0.15) is 0 Å². The summed E-state index contributed by atoms with van der Waals surface area (Å²) in [5, 5.41) is 10.8. The average molecular weight is 175 g/mol. The van der Waals surface area contributed by atoms with Crippen LogP contribution in [0.1, 0.15) is 18.9 Å². The van der Waals surface area contributed by atoms with E-state index in [0.717, 1.165) is 29.3 Å². The van der Waals surface area contributed by atoms with Crippen molar-refractivity contribution in [3.8, 4) is 5.88 Å². The maximum atomic E-state index is 9.61. The second-order valence-corrected chi connectivity index (χ2v) is 3.25. The highest BCUT2D eigenvalue weighted by Gasteiger charge is 2.07. The van der Waals surface area contributed by atoms with E-state index in [1.54, 1.807) is 0 Å². The number of H-pyrrole nitrogens is 1. The first-order valence-electron chi connectivity index (χ1n) is 4.61. The number of hydrogen-bond donors (Lipinski definition) is 2. The van der Waals surface area contributed by atoms with E-state index in [-0.39, 0.29) is 0 Å². The molecule has 0 aliphatic rings. The first kappa shape index (κ1) is 8.17. The summed E-state index contributed by atoms with van der Waals surface area (Å²) >= 11 is 0. The van der Waals surface area contributed by atoms with Crippen LogP contribution >= 0.6 is 0 Å². The minimum atomic E-state index is 0.322. The molecule has 2 N–H and O–H groups in total. The van der Waals surface area contributed by atoms with Gasteiger partial charge in [-0.3, -0.25) is 0 Å². The van der Waals surface area contributed by atoms with E-state index in [2.05, 4.69) is 11.9 Å². The summed E-state index contributed by atoms with van der Waals surface area (Å²) in [4.78, 5) is 2.97. The normalized spacial score (nSPS) is 10.8. The molecular formula is C11H13NO. The van der Waals surface area contributed by atoms with Crippen molar-refractivity contribution >= 4 is 10.9 Å². The minimum Gasteiger partial charge on any atom is -0.494 e. The van der Waals surface area contributed by atoms with Crippen molar-refractivity contribution in [1.29, 1.82) is 0 Å². The molecule has 0 bridgehead atoms. The third-order valence-corrected chi connectivity index (χ3v) is 2.29. The van der Waals surface area contributed by atoms with Crippen LogP contribution in [0.4, 0.5) is 0 Å². The lowest BCUT2D eigenvalue weighted by atomic mass is 10.1. The maximum absolute atomic E-state index is 9.61. The summed E-state index contributed by atoms with van der Waals surface area (Å²) in [6.45, 7) is 2.11. The Kier molecular flexibility index (Phi) is 1.97. The van der Waals surface area contributed by atoms with Gasteiger partial charge in [0.15, 0.2) is 5.88 Å². The van der Waals surface area contributed by atoms with Crippen LogP contribution in [-0.4, -0.2) is 10.1 Å². The molecule has 68 valence electrons. The molecule has 2 heteroatoms. The van der Waals surface area contributed by atoms with Gasteiger partial charge in [-0.25, -0.2) is 0 Å². The third-order valence-electron chi connectivity index (χ3n) is 2.29. The number of aromatic amines is 1. The number of hydrogen-bond acceptors (Lipinski definition) is 1. The van der Waals surface area contributed by atoms with Crippen molar-refractivity contribution in [1.82, 2.24) is 4.98 Å². The molecule has 0 spiro atoms. The van der Waals surface area contributed by atoms with Crippen molar-refractivity contribution in [2.45, 2.75) is 19.8 Å². The highest BCUT2D eigenvalue weighted by molar-refractivity contribution is 5.85. The summed E-state index contributed by atoms with van der Waals surface area (Å²) in [7, 11) is 0. The van der Waals surface area contributed by atoms with E-state index in [0.29, 0.717) is 5.88 Å². The van der Waals surface area contributed by atoms with Crippen LogP contribution in [0.5, 0.6) is 5.88 Å². The molecule has 0 amide bonds. The fourth-order valence-electron chi connectivity index (χ4n) is 1.69. The Morgan fingerprint density at radius 2 is 2.08 bits per heavy atom. The zero-order valence-corrected chi connectivity index (χ0v) is 7.67. The quantitative estimate of drug-likeness (QED) is 0.723. The van der Waals surface area contributed by atoms with E-state index in [9.17, 15) is 5.11 Å². The molecule has 1 heterocycles. The van der Waals surface area contributed by atoms with Gasteiger partial charge in [0.25, 0.3) is 0 Å². The van der Waals surface area contributed by atoms with Gasteiger partial charge in [-0.2, -0.15) is 0 Å². The molecule has 1 aromatic heterocycles. The van der Waals surface area contributed by atoms with Gasteiger partial charge < -0.3 is 10.1 Å². The van der Waals surface area contributed by atoms with Crippen molar-refractivity contribution in [2.75, 3.05) is 0 Å². The largest absolute Gasteiger partial charge is 0.494 e. The smallest absolute Gasteiger partial charge is 0.192 e. The number of rotatable bonds is 2. The average Bonchev–Trinajstić information content (AvgIpc) is 2.44. The second-order valence-electron chi connectivity index (χ2n) is 3.25. The fraction of sp³-hybridized carbons (Fsp3) is 0.273. The van der Waals surface area contributed by atoms with Crippen LogP contribution in [0.3, 0.4) is 0 Å². The van der Waals surface area contributed by atoms with Crippen molar-refractivity contribution in [3.05, 3.63) is 29.8 Å². The standard InChI is InChI=1S/C11H13NO/c1-2-5-9-8-6-3-4-7-10(8)12-11(9)13/h3-4,6-7,12-13H,2,5H2,1H3. The molecular weight excluding hydrogens is 162 g/mol. The molecule has 0 unspecified atom stereocenters. The Morgan fingerprint density at radius 3 is 2.85 bits per heavy atom. The van der Waals surface area contributed by atoms with Crippen LogP contribution in [0, 0.1) is 0 Å². The number of aromatic hydroxyl groups is 1. The molecule has 0 fully saturated rings. The van der Waals surface area contributed by atoms with Crippen LogP contribution < -0.4 is 0 Å². The predicted molar refractivity (Wildman–Crippen MR) is 54.0 cm³/mol. The topological polar surface area (TPSA) is 36.0 Å². The summed E-state index contributed by atoms with van der Waals surface area (Å²) in [5.41, 5.74) is 2.06. The highest BCUT2D eigenvalue weighted by atomic mass is 16.3. The second kappa shape index (κ2) is 3.13. The van der Waals surface area contributed by atoms with Crippen LogP contribution in [0.2, 0.25) is 0 Å². The Bertz CT molecular complexity index is 417. The van der Waals surface area contributed by atoms with Crippen LogP contribution in [0.25, 0.3) is 10.9 Å². The lowest BCUT2D eigenvalue weighted by molar-refractivity contribution is 0.451. The van der Waals surface area contributed by atoms with E-state index in [1.165, 1.54) is 0 Å². The third kappa shape index (κ3) is 1.28. The van der Waals surface area contributed by atoms with Crippen molar-refractivity contribution in [3.63, 3.8) is 0 Å². The maximum Gasteiger partial charge on any atom is 0.192 e. The Hall–Kier alpha value is -1.44. The minimum absolute atomic E-state index is 0.322. The molecule has 13 heavy (non-hydrogen) atoms. The van der Waals surface area contributed by atoms with Gasteiger partial charge >= 0.3 is 0 Å². The first-order valence-corrected chi connectivity index (χ1v) is 4.61. The number of benzene rings is 1. The van der Waals surface area contributed by atoms with Gasteiger partial charge in [0, 0.05) is 16.5 Å². The molecule has 2 aromatic rings. The summed E-state index contributed by atoms with van der Waals surface area (Å²) in [6.07, 6.45) is 1.98. The molecule has 0 radical (unpaired) electrons. The molecule has 0 atom stereocenters. The van der Waals surface area contributed by atoms with Gasteiger partial charge in [0.2, 0.25) is 0 Å². The van der Waals surface area contributed by atoms with E-state index < -0.39 is 0 Å². The van der Waals surface area contributed by atoms with Crippen molar-refractivity contribution in [2.24, 2.45) is 0 Å².